The molecule has 1 fully saturated rings. The van der Waals surface area contributed by atoms with Gasteiger partial charge in [0, 0.05) is 19.1 Å². The molecule has 4 heteroatoms. The van der Waals surface area contributed by atoms with E-state index in [9.17, 15) is 4.79 Å². The number of likely N-dealkylation sites (tertiary alicyclic amines) is 1. The van der Waals surface area contributed by atoms with Gasteiger partial charge in [-0.2, -0.15) is 0 Å². The molecule has 1 aliphatic heterocycles. The number of carbonyl (C=O) groups excluding carboxylic acids is 1. The van der Waals surface area contributed by atoms with Crippen LogP contribution in [0.3, 0.4) is 0 Å². The lowest BCUT2D eigenvalue weighted by Crippen LogP contribution is -2.43. The third-order valence-electron chi connectivity index (χ3n) is 3.47. The van der Waals surface area contributed by atoms with Crippen molar-refractivity contribution in [3.05, 3.63) is 0 Å². The van der Waals surface area contributed by atoms with Crippen LogP contribution in [0.5, 0.6) is 0 Å². The molecule has 0 bridgehead atoms. The minimum absolute atomic E-state index is 0.104. The molecule has 2 unspecified atom stereocenters. The second kappa shape index (κ2) is 7.67. The second-order valence-corrected chi connectivity index (χ2v) is 4.96. The van der Waals surface area contributed by atoms with Gasteiger partial charge in [-0.15, -0.1) is 0 Å². The molecule has 17 heavy (non-hydrogen) atoms. The van der Waals surface area contributed by atoms with Crippen molar-refractivity contribution in [1.82, 2.24) is 10.2 Å². The lowest BCUT2D eigenvalue weighted by Gasteiger charge is -2.33. The van der Waals surface area contributed by atoms with Crippen LogP contribution >= 0.6 is 0 Å². The first kappa shape index (κ1) is 14.5. The Kier molecular flexibility index (Phi) is 6.52. The van der Waals surface area contributed by atoms with Crippen molar-refractivity contribution in [3.8, 4) is 0 Å². The summed E-state index contributed by atoms with van der Waals surface area (Å²) in [7, 11) is 2.18. The summed E-state index contributed by atoms with van der Waals surface area (Å²) in [5.41, 5.74) is 0. The Morgan fingerprint density at radius 1 is 1.59 bits per heavy atom. The predicted octanol–water partition coefficient (Wildman–Crippen LogP) is 1.26. The Hall–Kier alpha value is -0.610. The smallest absolute Gasteiger partial charge is 0.307 e. The molecule has 0 aromatic heterocycles. The van der Waals surface area contributed by atoms with E-state index in [0.29, 0.717) is 25.0 Å². The zero-order chi connectivity index (χ0) is 12.7. The van der Waals surface area contributed by atoms with Crippen LogP contribution in [0.1, 0.15) is 33.1 Å². The monoisotopic (exact) mass is 242 g/mol. The fourth-order valence-electron chi connectivity index (χ4n) is 2.42. The summed E-state index contributed by atoms with van der Waals surface area (Å²) in [6.45, 7) is 7.63. The highest BCUT2D eigenvalue weighted by Gasteiger charge is 2.22. The molecule has 100 valence electrons. The van der Waals surface area contributed by atoms with Crippen LogP contribution in [0, 0.1) is 5.92 Å². The molecule has 1 saturated heterocycles. The lowest BCUT2D eigenvalue weighted by atomic mass is 9.92. The van der Waals surface area contributed by atoms with Crippen LogP contribution in [0.15, 0.2) is 0 Å². The number of piperidine rings is 1. The number of carbonyl (C=O) groups is 1. The number of esters is 1. The molecule has 0 saturated carbocycles. The molecule has 1 rings (SSSR count). The molecule has 1 heterocycles. The van der Waals surface area contributed by atoms with Crippen molar-refractivity contribution < 1.29 is 9.53 Å². The largest absolute Gasteiger partial charge is 0.466 e. The molecule has 1 N–H and O–H groups in total. The van der Waals surface area contributed by atoms with Gasteiger partial charge in [0.15, 0.2) is 0 Å². The summed E-state index contributed by atoms with van der Waals surface area (Å²) in [6, 6.07) is 0.479. The van der Waals surface area contributed by atoms with Crippen molar-refractivity contribution in [2.45, 2.75) is 39.2 Å². The van der Waals surface area contributed by atoms with Crippen molar-refractivity contribution >= 4 is 5.97 Å². The van der Waals surface area contributed by atoms with Gasteiger partial charge in [-0.3, -0.25) is 4.79 Å². The Morgan fingerprint density at radius 2 is 2.35 bits per heavy atom. The number of ether oxygens (including phenoxy) is 1. The molecule has 0 spiro atoms. The molecule has 2 atom stereocenters. The fraction of sp³-hybridized carbons (Fsp3) is 0.923. The first-order chi connectivity index (χ1) is 8.13. The molecule has 0 radical (unpaired) electrons. The molecule has 0 aromatic carbocycles. The molecular formula is C13H26N2O2. The summed E-state index contributed by atoms with van der Waals surface area (Å²) < 4.78 is 4.90. The van der Waals surface area contributed by atoms with E-state index in [1.54, 1.807) is 0 Å². The minimum atomic E-state index is -0.104. The average molecular weight is 242 g/mol. The number of nitrogens with one attached hydrogen (secondary N) is 1. The van der Waals surface area contributed by atoms with Crippen molar-refractivity contribution in [2.75, 3.05) is 33.3 Å². The third-order valence-corrected chi connectivity index (χ3v) is 3.47. The van der Waals surface area contributed by atoms with Gasteiger partial charge in [0.2, 0.25) is 0 Å². The third kappa shape index (κ3) is 5.50. The normalized spacial score (nSPS) is 23.4. The number of nitrogens with zero attached hydrogens (tertiary/aromatic N) is 1. The first-order valence-electron chi connectivity index (χ1n) is 6.71. The van der Waals surface area contributed by atoms with E-state index in [-0.39, 0.29) is 5.97 Å². The Labute approximate surface area is 105 Å². The van der Waals surface area contributed by atoms with E-state index in [4.69, 9.17) is 4.74 Å². The van der Waals surface area contributed by atoms with E-state index in [0.717, 1.165) is 13.1 Å². The standard InChI is InChI=1S/C13H26N2O2/c1-4-17-13(16)7-8-14-11(2)12-6-5-9-15(3)10-12/h11-12,14H,4-10H2,1-3H3. The van der Waals surface area contributed by atoms with Crippen LogP contribution in [-0.4, -0.2) is 50.2 Å². The Balaban J connectivity index is 2.15. The van der Waals surface area contributed by atoms with Crippen LogP contribution < -0.4 is 5.32 Å². The lowest BCUT2D eigenvalue weighted by molar-refractivity contribution is -0.143. The van der Waals surface area contributed by atoms with Crippen LogP contribution in [0.25, 0.3) is 0 Å². The van der Waals surface area contributed by atoms with Gasteiger partial charge >= 0.3 is 5.97 Å². The molecule has 1 aliphatic rings. The highest BCUT2D eigenvalue weighted by molar-refractivity contribution is 5.69. The summed E-state index contributed by atoms with van der Waals surface area (Å²) in [5, 5.41) is 3.43. The highest BCUT2D eigenvalue weighted by atomic mass is 16.5. The SMILES string of the molecule is CCOC(=O)CCNC(C)C1CCCN(C)C1. The fourth-order valence-corrected chi connectivity index (χ4v) is 2.42. The van der Waals surface area contributed by atoms with Gasteiger partial charge in [0.05, 0.1) is 13.0 Å². The minimum Gasteiger partial charge on any atom is -0.466 e. The van der Waals surface area contributed by atoms with Gasteiger partial charge in [0.25, 0.3) is 0 Å². The maximum Gasteiger partial charge on any atom is 0.307 e. The van der Waals surface area contributed by atoms with Gasteiger partial charge < -0.3 is 15.0 Å². The van der Waals surface area contributed by atoms with Crippen LogP contribution in [0.2, 0.25) is 0 Å². The second-order valence-electron chi connectivity index (χ2n) is 4.96. The summed E-state index contributed by atoms with van der Waals surface area (Å²) in [6.07, 6.45) is 3.05. The zero-order valence-electron chi connectivity index (χ0n) is 11.4. The molecule has 0 aromatic rings. The van der Waals surface area contributed by atoms with E-state index in [2.05, 4.69) is 24.2 Å². The number of hydrogen-bond acceptors (Lipinski definition) is 4. The Morgan fingerprint density at radius 3 is 3.00 bits per heavy atom. The van der Waals surface area contributed by atoms with Crippen LogP contribution in [0.4, 0.5) is 0 Å². The van der Waals surface area contributed by atoms with E-state index < -0.39 is 0 Å². The summed E-state index contributed by atoms with van der Waals surface area (Å²) in [4.78, 5) is 13.6. The number of rotatable bonds is 6. The molecule has 0 amide bonds. The number of hydrogen-bond donors (Lipinski definition) is 1. The van der Waals surface area contributed by atoms with Gasteiger partial charge in [0.1, 0.15) is 0 Å². The van der Waals surface area contributed by atoms with Crippen molar-refractivity contribution in [1.29, 1.82) is 0 Å². The molecule has 0 aliphatic carbocycles. The van der Waals surface area contributed by atoms with E-state index >= 15 is 0 Å². The Bertz CT molecular complexity index is 233. The van der Waals surface area contributed by atoms with Gasteiger partial charge in [-0.25, -0.2) is 0 Å². The highest BCUT2D eigenvalue weighted by Crippen LogP contribution is 2.18. The average Bonchev–Trinajstić information content (AvgIpc) is 2.29. The topological polar surface area (TPSA) is 41.6 Å². The van der Waals surface area contributed by atoms with Gasteiger partial charge in [-0.1, -0.05) is 0 Å². The molecule has 4 nitrogen and oxygen atoms in total. The first-order valence-corrected chi connectivity index (χ1v) is 6.71. The predicted molar refractivity (Wildman–Crippen MR) is 68.9 cm³/mol. The van der Waals surface area contributed by atoms with Crippen LogP contribution in [-0.2, 0) is 9.53 Å². The van der Waals surface area contributed by atoms with Gasteiger partial charge in [-0.05, 0) is 46.2 Å². The zero-order valence-corrected chi connectivity index (χ0v) is 11.4. The van der Waals surface area contributed by atoms with E-state index in [1.807, 2.05) is 6.92 Å². The quantitative estimate of drug-likeness (QED) is 0.712. The summed E-state index contributed by atoms with van der Waals surface area (Å²) in [5.74, 6) is 0.601. The van der Waals surface area contributed by atoms with Crippen molar-refractivity contribution in [3.63, 3.8) is 0 Å². The van der Waals surface area contributed by atoms with Crippen molar-refractivity contribution in [2.24, 2.45) is 5.92 Å². The molecular weight excluding hydrogens is 216 g/mol. The van der Waals surface area contributed by atoms with E-state index in [1.165, 1.54) is 19.4 Å². The maximum atomic E-state index is 11.2. The summed E-state index contributed by atoms with van der Waals surface area (Å²) >= 11 is 0. The maximum absolute atomic E-state index is 11.2.